The van der Waals surface area contributed by atoms with Gasteiger partial charge in [-0.3, -0.25) is 4.79 Å². The molecule has 0 bridgehead atoms. The van der Waals surface area contributed by atoms with Crippen LogP contribution in [0.5, 0.6) is 0 Å². The van der Waals surface area contributed by atoms with Crippen molar-refractivity contribution in [3.8, 4) is 0 Å². The Morgan fingerprint density at radius 1 is 1.11 bits per heavy atom. The first-order valence-electron chi connectivity index (χ1n) is 7.19. The van der Waals surface area contributed by atoms with Crippen molar-refractivity contribution >= 4 is 5.91 Å². The number of carbonyl (C=O) groups excluding carboxylic acids is 1. The monoisotopic (exact) mass is 263 g/mol. The van der Waals surface area contributed by atoms with E-state index in [0.29, 0.717) is 11.9 Å². The molecule has 1 amide bonds. The minimum Gasteiger partial charge on any atom is -0.340 e. The van der Waals surface area contributed by atoms with Gasteiger partial charge in [-0.05, 0) is 19.3 Å². The fourth-order valence-electron chi connectivity index (χ4n) is 3.10. The lowest BCUT2D eigenvalue weighted by atomic mass is 10.0. The van der Waals surface area contributed by atoms with Crippen molar-refractivity contribution in [2.75, 3.05) is 26.2 Å². The summed E-state index contributed by atoms with van der Waals surface area (Å²) in [6.45, 7) is 4.97. The predicted molar refractivity (Wildman–Crippen MR) is 70.4 cm³/mol. The van der Waals surface area contributed by atoms with Gasteiger partial charge in [-0.2, -0.15) is 15.0 Å². The number of hydrogen-bond donors (Lipinski definition) is 0. The van der Waals surface area contributed by atoms with Gasteiger partial charge in [0.05, 0.1) is 18.9 Å². The van der Waals surface area contributed by atoms with Crippen molar-refractivity contribution in [3.63, 3.8) is 0 Å². The molecule has 0 N–H and O–H groups in total. The van der Waals surface area contributed by atoms with Crippen molar-refractivity contribution in [3.05, 3.63) is 12.4 Å². The van der Waals surface area contributed by atoms with Crippen molar-refractivity contribution in [1.29, 1.82) is 0 Å². The maximum atomic E-state index is 11.7. The Balaban J connectivity index is 1.43. The third-order valence-electron chi connectivity index (χ3n) is 4.19. The number of likely N-dealkylation sites (tertiary alicyclic amines) is 2. The molecule has 6 heteroatoms. The van der Waals surface area contributed by atoms with Crippen LogP contribution in [0.25, 0.3) is 0 Å². The zero-order chi connectivity index (χ0) is 13.1. The van der Waals surface area contributed by atoms with Gasteiger partial charge in [0, 0.05) is 38.6 Å². The lowest BCUT2D eigenvalue weighted by Crippen LogP contribution is -2.46. The van der Waals surface area contributed by atoms with Crippen LogP contribution in [0, 0.1) is 0 Å². The van der Waals surface area contributed by atoms with Crippen LogP contribution in [-0.4, -0.2) is 62.9 Å². The Morgan fingerprint density at radius 3 is 2.47 bits per heavy atom. The van der Waals surface area contributed by atoms with Crippen LogP contribution in [0.4, 0.5) is 0 Å². The molecule has 3 heterocycles. The molecule has 0 unspecified atom stereocenters. The van der Waals surface area contributed by atoms with Gasteiger partial charge in [-0.1, -0.05) is 0 Å². The molecule has 3 rings (SSSR count). The van der Waals surface area contributed by atoms with E-state index >= 15 is 0 Å². The van der Waals surface area contributed by atoms with Crippen LogP contribution in [0.3, 0.4) is 0 Å². The second-order valence-corrected chi connectivity index (χ2v) is 5.39. The molecule has 0 spiro atoms. The predicted octanol–water partition coefficient (Wildman–Crippen LogP) is 0.365. The van der Waals surface area contributed by atoms with Gasteiger partial charge in [0.2, 0.25) is 5.91 Å². The van der Waals surface area contributed by atoms with E-state index in [0.717, 1.165) is 58.4 Å². The van der Waals surface area contributed by atoms with Gasteiger partial charge in [0.25, 0.3) is 0 Å². The molecule has 2 aliphatic heterocycles. The zero-order valence-electron chi connectivity index (χ0n) is 11.2. The smallest absolute Gasteiger partial charge is 0.222 e. The number of nitrogens with zero attached hydrogens (tertiary/aromatic N) is 5. The van der Waals surface area contributed by atoms with Gasteiger partial charge in [-0.15, -0.1) is 0 Å². The second kappa shape index (κ2) is 5.69. The molecule has 0 aliphatic carbocycles. The van der Waals surface area contributed by atoms with Crippen LogP contribution in [-0.2, 0) is 11.3 Å². The molecule has 1 aromatic rings. The van der Waals surface area contributed by atoms with E-state index in [1.54, 1.807) is 17.2 Å². The minimum atomic E-state index is 0.360. The highest BCUT2D eigenvalue weighted by molar-refractivity contribution is 5.78. The summed E-state index contributed by atoms with van der Waals surface area (Å²) >= 11 is 0. The summed E-state index contributed by atoms with van der Waals surface area (Å²) in [5, 5.41) is 8.23. The average molecular weight is 263 g/mol. The van der Waals surface area contributed by atoms with Gasteiger partial charge in [0.1, 0.15) is 0 Å². The van der Waals surface area contributed by atoms with Crippen LogP contribution in [0.15, 0.2) is 12.4 Å². The Morgan fingerprint density at radius 2 is 1.84 bits per heavy atom. The van der Waals surface area contributed by atoms with Gasteiger partial charge < -0.3 is 9.80 Å². The van der Waals surface area contributed by atoms with E-state index in [-0.39, 0.29) is 0 Å². The second-order valence-electron chi connectivity index (χ2n) is 5.39. The normalized spacial score (nSPS) is 22.3. The largest absolute Gasteiger partial charge is 0.340 e. The molecule has 104 valence electrons. The van der Waals surface area contributed by atoms with Crippen molar-refractivity contribution in [1.82, 2.24) is 24.8 Å². The zero-order valence-corrected chi connectivity index (χ0v) is 11.2. The standard InChI is InChI=1S/C13H21N5O/c19-13-2-1-7-17(13)12-3-8-16(9-4-12)10-11-18-14-5-6-15-18/h5-6,12H,1-4,7-11H2. The maximum Gasteiger partial charge on any atom is 0.222 e. The Bertz CT molecular complexity index is 411. The summed E-state index contributed by atoms with van der Waals surface area (Å²) in [5.74, 6) is 0.360. The lowest BCUT2D eigenvalue weighted by molar-refractivity contribution is -0.130. The number of rotatable bonds is 4. The van der Waals surface area contributed by atoms with E-state index in [9.17, 15) is 4.79 Å². The van der Waals surface area contributed by atoms with E-state index < -0.39 is 0 Å². The maximum absolute atomic E-state index is 11.7. The molecule has 0 radical (unpaired) electrons. The molecule has 19 heavy (non-hydrogen) atoms. The number of amides is 1. The molecule has 1 aromatic heterocycles. The number of carbonyl (C=O) groups is 1. The summed E-state index contributed by atoms with van der Waals surface area (Å²) in [4.78, 5) is 18.0. The van der Waals surface area contributed by atoms with Crippen LogP contribution in [0.2, 0.25) is 0 Å². The van der Waals surface area contributed by atoms with Crippen molar-refractivity contribution in [2.24, 2.45) is 0 Å². The summed E-state index contributed by atoms with van der Waals surface area (Å²) in [5.41, 5.74) is 0. The van der Waals surface area contributed by atoms with Crippen LogP contribution in [0.1, 0.15) is 25.7 Å². The van der Waals surface area contributed by atoms with Crippen molar-refractivity contribution < 1.29 is 4.79 Å². The molecule has 2 saturated heterocycles. The highest BCUT2D eigenvalue weighted by Crippen LogP contribution is 2.21. The fourth-order valence-corrected chi connectivity index (χ4v) is 3.10. The third kappa shape index (κ3) is 2.94. The SMILES string of the molecule is O=C1CCCN1C1CCN(CCn2nccn2)CC1. The summed E-state index contributed by atoms with van der Waals surface area (Å²) in [6, 6.07) is 0.481. The minimum absolute atomic E-state index is 0.360. The average Bonchev–Trinajstić information content (AvgIpc) is 3.08. The van der Waals surface area contributed by atoms with Crippen LogP contribution >= 0.6 is 0 Å². The third-order valence-corrected chi connectivity index (χ3v) is 4.19. The first-order valence-corrected chi connectivity index (χ1v) is 7.19. The summed E-state index contributed by atoms with van der Waals surface area (Å²) in [6.07, 6.45) is 7.45. The number of piperidine rings is 1. The van der Waals surface area contributed by atoms with E-state index in [1.807, 2.05) is 0 Å². The number of aromatic nitrogens is 3. The van der Waals surface area contributed by atoms with Crippen LogP contribution < -0.4 is 0 Å². The lowest BCUT2D eigenvalue weighted by Gasteiger charge is -2.36. The van der Waals surface area contributed by atoms with E-state index in [1.165, 1.54) is 0 Å². The quantitative estimate of drug-likeness (QED) is 0.787. The molecule has 0 aromatic carbocycles. The molecular formula is C13H21N5O. The van der Waals surface area contributed by atoms with E-state index in [4.69, 9.17) is 0 Å². The fraction of sp³-hybridized carbons (Fsp3) is 0.769. The molecular weight excluding hydrogens is 242 g/mol. The molecule has 2 aliphatic rings. The Kier molecular flexibility index (Phi) is 3.77. The first kappa shape index (κ1) is 12.6. The van der Waals surface area contributed by atoms with Gasteiger partial charge in [-0.25, -0.2) is 0 Å². The highest BCUT2D eigenvalue weighted by Gasteiger charge is 2.30. The first-order chi connectivity index (χ1) is 9.33. The summed E-state index contributed by atoms with van der Waals surface area (Å²) < 4.78 is 0. The molecule has 0 atom stereocenters. The van der Waals surface area contributed by atoms with Gasteiger partial charge in [0.15, 0.2) is 0 Å². The Labute approximate surface area is 113 Å². The van der Waals surface area contributed by atoms with E-state index in [2.05, 4.69) is 20.0 Å². The molecule has 6 nitrogen and oxygen atoms in total. The molecule has 2 fully saturated rings. The van der Waals surface area contributed by atoms with Crippen molar-refractivity contribution in [2.45, 2.75) is 38.3 Å². The Hall–Kier alpha value is -1.43. The number of hydrogen-bond acceptors (Lipinski definition) is 4. The van der Waals surface area contributed by atoms with Gasteiger partial charge >= 0.3 is 0 Å². The summed E-state index contributed by atoms with van der Waals surface area (Å²) in [7, 11) is 0. The highest BCUT2D eigenvalue weighted by atomic mass is 16.2. The topological polar surface area (TPSA) is 54.3 Å². The molecule has 0 saturated carbocycles.